The summed E-state index contributed by atoms with van der Waals surface area (Å²) >= 11 is 3.60. The van der Waals surface area contributed by atoms with Crippen molar-refractivity contribution < 1.29 is 0 Å². The summed E-state index contributed by atoms with van der Waals surface area (Å²) in [6.07, 6.45) is 7.06. The third-order valence-corrected chi connectivity index (χ3v) is 4.00. The van der Waals surface area contributed by atoms with E-state index >= 15 is 0 Å². The molecule has 1 unspecified atom stereocenters. The van der Waals surface area contributed by atoms with E-state index in [-0.39, 0.29) is 0 Å². The van der Waals surface area contributed by atoms with Crippen LogP contribution in [0.15, 0.2) is 24.3 Å². The summed E-state index contributed by atoms with van der Waals surface area (Å²) in [7, 11) is 0. The van der Waals surface area contributed by atoms with E-state index in [1.165, 1.54) is 37.7 Å². The van der Waals surface area contributed by atoms with Crippen molar-refractivity contribution in [3.63, 3.8) is 0 Å². The van der Waals surface area contributed by atoms with Gasteiger partial charge in [0.2, 0.25) is 0 Å². The lowest BCUT2D eigenvalue weighted by molar-refractivity contribution is 0.443. The van der Waals surface area contributed by atoms with Gasteiger partial charge in [0.15, 0.2) is 0 Å². The van der Waals surface area contributed by atoms with Gasteiger partial charge >= 0.3 is 0 Å². The molecule has 0 bridgehead atoms. The fourth-order valence-electron chi connectivity index (χ4n) is 2.47. The molecule has 0 heterocycles. The van der Waals surface area contributed by atoms with Crippen molar-refractivity contribution in [2.24, 2.45) is 0 Å². The number of hydrogen-bond acceptors (Lipinski definition) is 0. The van der Waals surface area contributed by atoms with Gasteiger partial charge in [0.05, 0.1) is 0 Å². The van der Waals surface area contributed by atoms with E-state index in [2.05, 4.69) is 47.1 Å². The Balaban J connectivity index is 2.08. The maximum atomic E-state index is 3.60. The van der Waals surface area contributed by atoms with Crippen molar-refractivity contribution in [3.8, 4) is 0 Å². The molecule has 1 atom stereocenters. The average molecular weight is 267 g/mol. The summed E-state index contributed by atoms with van der Waals surface area (Å²) in [5.74, 6) is 0.832. The largest absolute Gasteiger partial charge is 0.0842 e. The average Bonchev–Trinajstić information content (AvgIpc) is 2.30. The molecule has 0 saturated heterocycles. The van der Waals surface area contributed by atoms with Gasteiger partial charge in [-0.1, -0.05) is 59.5 Å². The van der Waals surface area contributed by atoms with Crippen molar-refractivity contribution in [2.45, 2.75) is 49.8 Å². The second-order valence-corrected chi connectivity index (χ2v) is 5.99. The van der Waals surface area contributed by atoms with E-state index in [9.17, 15) is 0 Å². The van der Waals surface area contributed by atoms with Crippen LogP contribution in [0.25, 0.3) is 0 Å². The van der Waals surface area contributed by atoms with Gasteiger partial charge in [0.1, 0.15) is 0 Å². The van der Waals surface area contributed by atoms with Crippen LogP contribution in [0.1, 0.15) is 60.9 Å². The molecule has 1 saturated carbocycles. The second-order valence-electron chi connectivity index (χ2n) is 4.62. The highest BCUT2D eigenvalue weighted by Gasteiger charge is 2.15. The van der Waals surface area contributed by atoms with E-state index in [0.717, 1.165) is 5.92 Å². The predicted octanol–water partition coefficient (Wildman–Crippen LogP) is 5.19. The van der Waals surface area contributed by atoms with E-state index in [1.807, 2.05) is 0 Å². The number of hydrogen-bond donors (Lipinski definition) is 0. The Bertz CT molecular complexity index is 294. The molecule has 1 fully saturated rings. The second kappa shape index (κ2) is 5.16. The van der Waals surface area contributed by atoms with Crippen LogP contribution in [-0.2, 0) is 0 Å². The van der Waals surface area contributed by atoms with Crippen LogP contribution in [0.3, 0.4) is 0 Å². The van der Waals surface area contributed by atoms with Gasteiger partial charge < -0.3 is 0 Å². The molecule has 15 heavy (non-hydrogen) atoms. The van der Waals surface area contributed by atoms with Crippen molar-refractivity contribution in [2.75, 3.05) is 0 Å². The molecule has 0 aliphatic heterocycles. The molecule has 1 aliphatic carbocycles. The van der Waals surface area contributed by atoms with Crippen molar-refractivity contribution in [1.29, 1.82) is 0 Å². The Morgan fingerprint density at radius 2 is 1.67 bits per heavy atom. The molecule has 0 spiro atoms. The smallest absolute Gasteiger partial charge is 0.0367 e. The molecular formula is C14H19Br. The molecule has 1 aromatic carbocycles. The summed E-state index contributed by atoms with van der Waals surface area (Å²) in [5, 5.41) is 0. The Hall–Kier alpha value is -0.300. The van der Waals surface area contributed by atoms with E-state index in [1.54, 1.807) is 5.56 Å². The fourth-order valence-corrected chi connectivity index (χ4v) is 2.77. The first-order valence-corrected chi connectivity index (χ1v) is 6.93. The minimum atomic E-state index is 0.470. The Morgan fingerprint density at radius 1 is 1.07 bits per heavy atom. The van der Waals surface area contributed by atoms with Gasteiger partial charge in [-0.3, -0.25) is 0 Å². The lowest BCUT2D eigenvalue weighted by atomic mass is 9.84. The topological polar surface area (TPSA) is 0 Å². The summed E-state index contributed by atoms with van der Waals surface area (Å²) in [6.45, 7) is 2.18. The third-order valence-electron chi connectivity index (χ3n) is 3.47. The first-order valence-electron chi connectivity index (χ1n) is 6.01. The Labute approximate surface area is 101 Å². The Morgan fingerprint density at radius 3 is 2.20 bits per heavy atom. The molecule has 0 amide bonds. The first-order chi connectivity index (χ1) is 7.27. The van der Waals surface area contributed by atoms with Crippen LogP contribution in [0, 0.1) is 0 Å². The lowest BCUT2D eigenvalue weighted by Crippen LogP contribution is -2.04. The van der Waals surface area contributed by atoms with E-state index in [0.29, 0.717) is 4.83 Å². The molecule has 0 radical (unpaired) electrons. The van der Waals surface area contributed by atoms with Gasteiger partial charge in [0, 0.05) is 4.83 Å². The molecule has 1 aliphatic rings. The van der Waals surface area contributed by atoms with Gasteiger partial charge in [-0.2, -0.15) is 0 Å². The zero-order valence-electron chi connectivity index (χ0n) is 9.38. The summed E-state index contributed by atoms with van der Waals surface area (Å²) in [4.78, 5) is 0.470. The monoisotopic (exact) mass is 266 g/mol. The van der Waals surface area contributed by atoms with Gasteiger partial charge in [-0.25, -0.2) is 0 Å². The maximum absolute atomic E-state index is 3.60. The minimum Gasteiger partial charge on any atom is -0.0842 e. The van der Waals surface area contributed by atoms with Crippen LogP contribution >= 0.6 is 15.9 Å². The highest BCUT2D eigenvalue weighted by molar-refractivity contribution is 9.09. The van der Waals surface area contributed by atoms with Crippen LogP contribution in [-0.4, -0.2) is 0 Å². The molecule has 1 aromatic rings. The number of halogens is 1. The highest BCUT2D eigenvalue weighted by atomic mass is 79.9. The summed E-state index contributed by atoms with van der Waals surface area (Å²) in [6, 6.07) is 9.18. The lowest BCUT2D eigenvalue weighted by Gasteiger charge is -2.22. The standard InChI is InChI=1S/C14H19Br/c1-11(15)12-7-9-14(10-8-12)13-5-3-2-4-6-13/h7-11,13H,2-6H2,1H3. The molecule has 1 heteroatoms. The molecular weight excluding hydrogens is 248 g/mol. The molecule has 82 valence electrons. The van der Waals surface area contributed by atoms with Crippen LogP contribution in [0.2, 0.25) is 0 Å². The fraction of sp³-hybridized carbons (Fsp3) is 0.571. The van der Waals surface area contributed by atoms with Crippen molar-refractivity contribution in [3.05, 3.63) is 35.4 Å². The minimum absolute atomic E-state index is 0.470. The SMILES string of the molecule is CC(Br)c1ccc(C2CCCCC2)cc1. The van der Waals surface area contributed by atoms with Crippen molar-refractivity contribution in [1.82, 2.24) is 0 Å². The number of alkyl halides is 1. The summed E-state index contributed by atoms with van der Waals surface area (Å²) in [5.41, 5.74) is 2.93. The first kappa shape index (κ1) is 11.2. The third kappa shape index (κ3) is 2.84. The van der Waals surface area contributed by atoms with Gasteiger partial charge in [0.25, 0.3) is 0 Å². The molecule has 0 aromatic heterocycles. The van der Waals surface area contributed by atoms with Crippen molar-refractivity contribution >= 4 is 15.9 Å². The summed E-state index contributed by atoms with van der Waals surface area (Å²) < 4.78 is 0. The molecule has 0 N–H and O–H groups in total. The van der Waals surface area contributed by atoms with Crippen LogP contribution < -0.4 is 0 Å². The molecule has 2 rings (SSSR count). The zero-order chi connectivity index (χ0) is 10.7. The maximum Gasteiger partial charge on any atom is 0.0367 e. The van der Waals surface area contributed by atoms with Gasteiger partial charge in [-0.05, 0) is 36.8 Å². The number of benzene rings is 1. The van der Waals surface area contributed by atoms with E-state index < -0.39 is 0 Å². The normalized spacial score (nSPS) is 20.1. The van der Waals surface area contributed by atoms with Crippen LogP contribution in [0.4, 0.5) is 0 Å². The number of rotatable bonds is 2. The van der Waals surface area contributed by atoms with Gasteiger partial charge in [-0.15, -0.1) is 0 Å². The zero-order valence-corrected chi connectivity index (χ0v) is 11.0. The van der Waals surface area contributed by atoms with E-state index in [4.69, 9.17) is 0 Å². The Kier molecular flexibility index (Phi) is 3.85. The van der Waals surface area contributed by atoms with Crippen LogP contribution in [0.5, 0.6) is 0 Å². The quantitative estimate of drug-likeness (QED) is 0.647. The molecule has 0 nitrogen and oxygen atoms in total. The highest BCUT2D eigenvalue weighted by Crippen LogP contribution is 2.33. The predicted molar refractivity (Wildman–Crippen MR) is 69.6 cm³/mol.